The molecule has 0 atom stereocenters. The van der Waals surface area contributed by atoms with E-state index < -0.39 is 11.4 Å². The molecular weight excluding hydrogens is 1370 g/mol. The van der Waals surface area contributed by atoms with Crippen LogP contribution in [0.4, 0.5) is 5.82 Å². The van der Waals surface area contributed by atoms with E-state index in [0.29, 0.717) is 82.1 Å². The normalized spacial score (nSPS) is 14.5. The third kappa shape index (κ3) is 17.9. The van der Waals surface area contributed by atoms with Gasteiger partial charge in [0.25, 0.3) is 22.2 Å². The van der Waals surface area contributed by atoms with Gasteiger partial charge >= 0.3 is 22.8 Å². The molecule has 514 valence electrons. The van der Waals surface area contributed by atoms with Gasteiger partial charge in [-0.3, -0.25) is 56.5 Å². The summed E-state index contributed by atoms with van der Waals surface area (Å²) in [6.07, 6.45) is 25.2. The van der Waals surface area contributed by atoms with Crippen molar-refractivity contribution in [1.29, 1.82) is 0 Å². The number of aliphatic imine (C=N–C) groups is 1. The lowest BCUT2D eigenvalue weighted by molar-refractivity contribution is 0.374. The molecule has 31 heteroatoms. The first kappa shape index (κ1) is 70.2. The van der Waals surface area contributed by atoms with Crippen LogP contribution in [0.15, 0.2) is 94.1 Å². The van der Waals surface area contributed by atoms with Crippen molar-refractivity contribution in [3.63, 3.8) is 0 Å². The monoisotopic (exact) mass is 1450 g/mol. The van der Waals surface area contributed by atoms with E-state index in [4.69, 9.17) is 13.6 Å². The van der Waals surface area contributed by atoms with E-state index in [9.17, 15) is 38.4 Å². The molecule has 0 saturated heterocycles. The predicted octanol–water partition coefficient (Wildman–Crippen LogP) is 6.91. The van der Waals surface area contributed by atoms with Crippen LogP contribution >= 0.6 is 31.9 Å². The fourth-order valence-corrected chi connectivity index (χ4v) is 12.1. The third-order valence-corrected chi connectivity index (χ3v) is 18.8. The summed E-state index contributed by atoms with van der Waals surface area (Å²) in [5.74, 6) is 6.11. The molecule has 4 saturated carbocycles. The molecule has 0 bridgehead atoms. The van der Waals surface area contributed by atoms with E-state index in [0.717, 1.165) is 110 Å². The number of unbranched alkanes of at least 4 members (excludes halogenated alkanes) is 3. The zero-order chi connectivity index (χ0) is 68.3. The van der Waals surface area contributed by atoms with Gasteiger partial charge in [0.05, 0.1) is 41.6 Å². The van der Waals surface area contributed by atoms with E-state index in [1.54, 1.807) is 53.4 Å². The number of imidazole rings is 3. The first-order valence-electron chi connectivity index (χ1n) is 32.9. The molecule has 5 aliphatic rings. The zero-order valence-electron chi connectivity index (χ0n) is 55.4. The number of aromatic amines is 2. The zero-order valence-corrected chi connectivity index (χ0v) is 58.6. The minimum Gasteiger partial charge on any atom is -0.361 e. The summed E-state index contributed by atoms with van der Waals surface area (Å²) in [6.45, 7) is 8.91. The Morgan fingerprint density at radius 1 is 0.479 bits per heavy atom. The molecule has 29 nitrogen and oxygen atoms in total. The second-order valence-corrected chi connectivity index (χ2v) is 27.0. The van der Waals surface area contributed by atoms with Crippen molar-refractivity contribution < 1.29 is 13.6 Å². The molecule has 15 rings (SSSR count). The highest BCUT2D eigenvalue weighted by molar-refractivity contribution is 9.09. The van der Waals surface area contributed by atoms with Gasteiger partial charge in [0.2, 0.25) is 0 Å². The Morgan fingerprint density at radius 3 is 1.24 bits per heavy atom. The summed E-state index contributed by atoms with van der Waals surface area (Å²) in [4.78, 5) is 117. The molecule has 2 N–H and O–H groups in total. The maximum atomic E-state index is 12.9. The number of rotatable bonds is 21. The van der Waals surface area contributed by atoms with Crippen LogP contribution in [0.2, 0.25) is 0 Å². The topological polar surface area (TPSA) is 342 Å². The Morgan fingerprint density at radius 2 is 0.865 bits per heavy atom. The highest BCUT2D eigenvalue weighted by atomic mass is 79.9. The third-order valence-electron chi connectivity index (χ3n) is 17.3. The Balaban J connectivity index is 0.000000133. The highest BCUT2D eigenvalue weighted by Gasteiger charge is 2.27. The molecule has 0 radical (unpaired) electrons. The standard InChI is InChI=1S/2C18H23N5O3.C10H12N4O2.C8H12BrNO.C7H7N3O2.C4H7Br/c2*1-12-9-14(26-20-12)5-3-4-8-23-17(24)15-16(21(2)18(23)25)19-11-22(15)10-13-6-7-13;1-13-8-7(9(15)12-10(13)16)14(5-11-8)4-6-2-3-6;1-7-6-8(11-10-7)4-2-3-5-9;1-10-5-4(2-3-8-5)6(11)9-7(10)12;5-3-4-1-2-4/h2*9,11,13H,3-8,10H2,1-2H3;5-6H,2-4H2,1H3,(H,12,15,16);6H,2-5H2,1H3;3H,2H2,1H3,(H,9,11,12);4H,1-3H2. The molecule has 0 spiro atoms. The fraction of sp³-hybridized carbons (Fsp3) is 0.554. The predicted molar refractivity (Wildman–Crippen MR) is 369 cm³/mol. The first-order valence-corrected chi connectivity index (χ1v) is 35.1. The summed E-state index contributed by atoms with van der Waals surface area (Å²) >= 11 is 6.76. The summed E-state index contributed by atoms with van der Waals surface area (Å²) < 4.78 is 29.4. The summed E-state index contributed by atoms with van der Waals surface area (Å²) in [6, 6.07) is 5.82. The van der Waals surface area contributed by atoms with Gasteiger partial charge in [0, 0.05) is 122 Å². The van der Waals surface area contributed by atoms with E-state index in [1.807, 2.05) is 52.7 Å². The van der Waals surface area contributed by atoms with E-state index >= 15 is 0 Å². The first-order chi connectivity index (χ1) is 46.2. The van der Waals surface area contributed by atoms with Crippen molar-refractivity contribution >= 4 is 77.4 Å². The Bertz CT molecular complexity index is 4700. The van der Waals surface area contributed by atoms with Gasteiger partial charge < -0.3 is 27.3 Å². The van der Waals surface area contributed by atoms with E-state index in [-0.39, 0.29) is 33.6 Å². The van der Waals surface area contributed by atoms with Crippen LogP contribution in [-0.4, -0.2) is 98.4 Å². The Hall–Kier alpha value is -8.61. The quantitative estimate of drug-likeness (QED) is 0.0545. The second kappa shape index (κ2) is 32.0. The largest absolute Gasteiger partial charge is 0.361 e. The van der Waals surface area contributed by atoms with Gasteiger partial charge in [0.1, 0.15) is 23.1 Å². The van der Waals surface area contributed by atoms with Crippen molar-refractivity contribution in [2.24, 2.45) is 56.9 Å². The molecule has 0 amide bonds. The minimum absolute atomic E-state index is 0.239. The number of hydrogen-bond donors (Lipinski definition) is 2. The highest BCUT2D eigenvalue weighted by Crippen LogP contribution is 2.33. The van der Waals surface area contributed by atoms with Gasteiger partial charge in [-0.05, 0) is 134 Å². The molecule has 96 heavy (non-hydrogen) atoms. The molecule has 4 aliphatic carbocycles. The van der Waals surface area contributed by atoms with E-state index in [1.165, 1.54) is 96.9 Å². The van der Waals surface area contributed by atoms with Crippen molar-refractivity contribution in [2.75, 3.05) is 10.7 Å². The molecule has 11 heterocycles. The second-order valence-electron chi connectivity index (χ2n) is 25.6. The van der Waals surface area contributed by atoms with Crippen LogP contribution < -0.4 is 45.0 Å². The van der Waals surface area contributed by atoms with Crippen LogP contribution in [0, 0.1) is 44.4 Å². The van der Waals surface area contributed by atoms with E-state index in [2.05, 4.69) is 77.2 Å². The molecule has 1 aliphatic heterocycles. The van der Waals surface area contributed by atoms with Gasteiger partial charge in [-0.2, -0.15) is 0 Å². The van der Waals surface area contributed by atoms with Crippen LogP contribution in [0.25, 0.3) is 33.5 Å². The average Bonchev–Trinajstić information content (AvgIpc) is 1.64. The number of nitrogens with zero attached hydrogens (tertiary/aromatic N) is 16. The van der Waals surface area contributed by atoms with Gasteiger partial charge in [0.15, 0.2) is 33.5 Å². The maximum absolute atomic E-state index is 12.9. The fourth-order valence-electron chi connectivity index (χ4n) is 11.0. The Labute approximate surface area is 566 Å². The lowest BCUT2D eigenvalue weighted by Crippen LogP contribution is -2.39. The lowest BCUT2D eigenvalue weighted by atomic mass is 10.2. The van der Waals surface area contributed by atoms with Crippen molar-refractivity contribution in [3.05, 3.63) is 160 Å². The number of alkyl halides is 2. The number of aromatic nitrogens is 17. The number of fused-ring (bicyclic) bond motifs is 4. The van der Waals surface area contributed by atoms with Crippen LogP contribution in [0.5, 0.6) is 0 Å². The number of hydrogen-bond acceptors (Lipinski definition) is 18. The molecule has 10 aromatic heterocycles. The molecule has 10 aromatic rings. The van der Waals surface area contributed by atoms with Crippen LogP contribution in [-0.2, 0) is 86.6 Å². The number of H-pyrrole nitrogens is 2. The molecule has 4 fully saturated rings. The molecule has 0 aromatic carbocycles. The number of nitrogens with one attached hydrogen (secondary N) is 2. The molecular formula is C65H84Br2N18O11. The van der Waals surface area contributed by atoms with Gasteiger partial charge in [-0.25, -0.2) is 39.1 Å². The average molecular weight is 1450 g/mol. The summed E-state index contributed by atoms with van der Waals surface area (Å²) in [5, 5.41) is 13.8. The van der Waals surface area contributed by atoms with Crippen molar-refractivity contribution in [2.45, 2.75) is 169 Å². The summed E-state index contributed by atoms with van der Waals surface area (Å²) in [5.41, 5.74) is 3.59. The van der Waals surface area contributed by atoms with Crippen molar-refractivity contribution in [3.8, 4) is 0 Å². The van der Waals surface area contributed by atoms with Crippen molar-refractivity contribution in [1.82, 2.24) is 81.5 Å². The smallest absolute Gasteiger partial charge is 0.332 e. The van der Waals surface area contributed by atoms with Crippen LogP contribution in [0.3, 0.4) is 0 Å². The van der Waals surface area contributed by atoms with Gasteiger partial charge in [-0.15, -0.1) is 0 Å². The minimum atomic E-state index is -0.422. The molecule has 0 unspecified atom stereocenters. The SMILES string of the molecule is BrCC1CC1.Cc1cc(CCCCBr)on1.Cc1cc(CCCCn2c(=O)c3c(ncn3CC3CC3)n(C)c2=O)on1.Cc1cc(CCCCn2c(=O)c3c(ncn3CC3CC3)n(C)c2=O)on1.Cn1c(=O)[nH]c(=O)c2c1ncn2CC1CC1.Cn1c2c(c(=O)[nH]c1=O)CC=N2. The number of halogens is 2. The van der Waals surface area contributed by atoms with Crippen LogP contribution in [0.1, 0.15) is 130 Å². The number of aryl methyl sites for hydroxylation is 9. The lowest BCUT2D eigenvalue weighted by Gasteiger charge is -2.09. The summed E-state index contributed by atoms with van der Waals surface area (Å²) in [7, 11) is 6.54. The maximum Gasteiger partial charge on any atom is 0.332 e. The Kier molecular flexibility index (Phi) is 23.4. The van der Waals surface area contributed by atoms with Gasteiger partial charge in [-0.1, -0.05) is 47.3 Å².